The first-order valence-corrected chi connectivity index (χ1v) is 6.39. The standard InChI is InChI=1S/C11H8N4O2S/c12-7-9-3-5-14-11(6-9)15-18(16,17)10-2-1-4-13-8-10/h1-6,8H,(H,14,15). The van der Waals surface area contributed by atoms with Gasteiger partial charge in [0.15, 0.2) is 0 Å². The molecule has 0 atom stereocenters. The molecule has 0 fully saturated rings. The van der Waals surface area contributed by atoms with Crippen molar-refractivity contribution in [3.8, 4) is 6.07 Å². The van der Waals surface area contributed by atoms with Gasteiger partial charge in [-0.3, -0.25) is 9.71 Å². The number of nitrogens with one attached hydrogen (secondary N) is 1. The second-order valence-corrected chi connectivity index (χ2v) is 5.02. The Bertz CT molecular complexity index is 692. The molecule has 1 N–H and O–H groups in total. The maximum Gasteiger partial charge on any atom is 0.264 e. The molecule has 0 amide bonds. The summed E-state index contributed by atoms with van der Waals surface area (Å²) in [5.41, 5.74) is 0.328. The number of nitriles is 1. The van der Waals surface area contributed by atoms with E-state index in [1.807, 2.05) is 6.07 Å². The minimum atomic E-state index is -3.72. The van der Waals surface area contributed by atoms with Crippen LogP contribution in [0, 0.1) is 11.3 Å². The van der Waals surface area contributed by atoms with Crippen molar-refractivity contribution in [2.24, 2.45) is 0 Å². The third-order valence-corrected chi connectivity index (χ3v) is 3.41. The summed E-state index contributed by atoms with van der Waals surface area (Å²) < 4.78 is 26.1. The van der Waals surface area contributed by atoms with Gasteiger partial charge in [-0.2, -0.15) is 5.26 Å². The average molecular weight is 260 g/mol. The van der Waals surface area contributed by atoms with Gasteiger partial charge in [-0.25, -0.2) is 13.4 Å². The number of sulfonamides is 1. The van der Waals surface area contributed by atoms with E-state index in [-0.39, 0.29) is 10.7 Å². The molecular weight excluding hydrogens is 252 g/mol. The number of hydrogen-bond acceptors (Lipinski definition) is 5. The topological polar surface area (TPSA) is 95.7 Å². The molecule has 0 aliphatic rings. The maximum absolute atomic E-state index is 11.9. The SMILES string of the molecule is N#Cc1ccnc(NS(=O)(=O)c2cccnc2)c1. The van der Waals surface area contributed by atoms with Crippen molar-refractivity contribution in [2.75, 3.05) is 4.72 Å². The molecule has 6 nitrogen and oxygen atoms in total. The van der Waals surface area contributed by atoms with Crippen LogP contribution in [0.5, 0.6) is 0 Å². The van der Waals surface area contributed by atoms with Gasteiger partial charge in [-0.05, 0) is 24.3 Å². The number of nitrogens with zero attached hydrogens (tertiary/aromatic N) is 3. The lowest BCUT2D eigenvalue weighted by atomic mass is 10.3. The summed E-state index contributed by atoms with van der Waals surface area (Å²) in [5, 5.41) is 8.71. The average Bonchev–Trinajstić information content (AvgIpc) is 2.39. The van der Waals surface area contributed by atoms with Crippen LogP contribution >= 0.6 is 0 Å². The largest absolute Gasteiger partial charge is 0.264 e. The van der Waals surface area contributed by atoms with E-state index >= 15 is 0 Å². The Morgan fingerprint density at radius 3 is 2.78 bits per heavy atom. The summed E-state index contributed by atoms with van der Waals surface area (Å²) in [6.07, 6.45) is 4.07. The first kappa shape index (κ1) is 12.0. The van der Waals surface area contributed by atoms with Gasteiger partial charge in [0.25, 0.3) is 10.0 Å². The first-order valence-electron chi connectivity index (χ1n) is 4.91. The Morgan fingerprint density at radius 1 is 1.28 bits per heavy atom. The van der Waals surface area contributed by atoms with E-state index in [0.29, 0.717) is 5.56 Å². The molecule has 2 aromatic heterocycles. The van der Waals surface area contributed by atoms with E-state index in [1.165, 1.54) is 42.9 Å². The van der Waals surface area contributed by atoms with Crippen LogP contribution in [0.4, 0.5) is 5.82 Å². The van der Waals surface area contributed by atoms with Crippen molar-refractivity contribution in [1.29, 1.82) is 5.26 Å². The quantitative estimate of drug-likeness (QED) is 0.893. The highest BCUT2D eigenvalue weighted by atomic mass is 32.2. The molecule has 90 valence electrons. The molecule has 18 heavy (non-hydrogen) atoms. The molecule has 0 aromatic carbocycles. The van der Waals surface area contributed by atoms with Crippen molar-refractivity contribution in [3.63, 3.8) is 0 Å². The summed E-state index contributed by atoms with van der Waals surface area (Å²) in [6, 6.07) is 7.69. The number of rotatable bonds is 3. The van der Waals surface area contributed by atoms with Gasteiger partial charge >= 0.3 is 0 Å². The van der Waals surface area contributed by atoms with E-state index in [1.54, 1.807) is 0 Å². The smallest absolute Gasteiger partial charge is 0.263 e. The molecule has 0 aliphatic carbocycles. The molecule has 0 unspecified atom stereocenters. The van der Waals surface area contributed by atoms with E-state index in [0.717, 1.165) is 0 Å². The molecule has 0 radical (unpaired) electrons. The summed E-state index contributed by atoms with van der Waals surface area (Å²) in [5.74, 6) is 0.0953. The number of anilines is 1. The molecule has 0 saturated heterocycles. The lowest BCUT2D eigenvalue weighted by molar-refractivity contribution is 0.600. The van der Waals surface area contributed by atoms with Crippen LogP contribution in [0.15, 0.2) is 47.8 Å². The van der Waals surface area contributed by atoms with Crippen LogP contribution in [0.3, 0.4) is 0 Å². The minimum absolute atomic E-state index is 0.0363. The van der Waals surface area contributed by atoms with Gasteiger partial charge < -0.3 is 0 Å². The minimum Gasteiger partial charge on any atom is -0.263 e. The fourth-order valence-electron chi connectivity index (χ4n) is 1.26. The second-order valence-electron chi connectivity index (χ2n) is 3.34. The van der Waals surface area contributed by atoms with Crippen LogP contribution in [0.1, 0.15) is 5.56 Å². The van der Waals surface area contributed by atoms with E-state index < -0.39 is 10.0 Å². The zero-order chi connectivity index (χ0) is 13.0. The highest BCUT2D eigenvalue weighted by Gasteiger charge is 2.14. The lowest BCUT2D eigenvalue weighted by Crippen LogP contribution is -2.14. The Kier molecular flexibility index (Phi) is 3.21. The summed E-state index contributed by atoms with van der Waals surface area (Å²) in [7, 11) is -3.72. The Balaban J connectivity index is 2.32. The fraction of sp³-hybridized carbons (Fsp3) is 0. The van der Waals surface area contributed by atoms with Crippen LogP contribution in [0.25, 0.3) is 0 Å². The molecule has 7 heteroatoms. The van der Waals surface area contributed by atoms with Crippen molar-refractivity contribution < 1.29 is 8.42 Å². The van der Waals surface area contributed by atoms with E-state index in [9.17, 15) is 8.42 Å². The number of hydrogen-bond donors (Lipinski definition) is 1. The van der Waals surface area contributed by atoms with Crippen LogP contribution in [-0.4, -0.2) is 18.4 Å². The van der Waals surface area contributed by atoms with Crippen molar-refractivity contribution >= 4 is 15.8 Å². The Labute approximate surface area is 104 Å². The van der Waals surface area contributed by atoms with Gasteiger partial charge in [0.2, 0.25) is 0 Å². The van der Waals surface area contributed by atoms with Crippen LogP contribution in [-0.2, 0) is 10.0 Å². The molecule has 2 aromatic rings. The highest BCUT2D eigenvalue weighted by Crippen LogP contribution is 2.13. The summed E-state index contributed by atoms with van der Waals surface area (Å²) >= 11 is 0. The molecule has 0 saturated carbocycles. The summed E-state index contributed by atoms with van der Waals surface area (Å²) in [6.45, 7) is 0. The van der Waals surface area contributed by atoms with Gasteiger partial charge in [-0.1, -0.05) is 0 Å². The second kappa shape index (κ2) is 4.81. The van der Waals surface area contributed by atoms with Gasteiger partial charge in [0.1, 0.15) is 10.7 Å². The normalized spacial score (nSPS) is 10.6. The van der Waals surface area contributed by atoms with Gasteiger partial charge in [0, 0.05) is 18.6 Å². The molecule has 0 aliphatic heterocycles. The van der Waals surface area contributed by atoms with Crippen LogP contribution < -0.4 is 4.72 Å². The number of aromatic nitrogens is 2. The van der Waals surface area contributed by atoms with E-state index in [4.69, 9.17) is 5.26 Å². The van der Waals surface area contributed by atoms with Crippen molar-refractivity contribution in [2.45, 2.75) is 4.90 Å². The lowest BCUT2D eigenvalue weighted by Gasteiger charge is -2.06. The fourth-order valence-corrected chi connectivity index (χ4v) is 2.22. The third kappa shape index (κ3) is 2.61. The molecule has 0 spiro atoms. The maximum atomic E-state index is 11.9. The predicted molar refractivity (Wildman–Crippen MR) is 64.0 cm³/mol. The highest BCUT2D eigenvalue weighted by molar-refractivity contribution is 7.92. The molecule has 2 rings (SSSR count). The van der Waals surface area contributed by atoms with Crippen LogP contribution in [0.2, 0.25) is 0 Å². The van der Waals surface area contributed by atoms with Gasteiger partial charge in [0.05, 0.1) is 11.6 Å². The first-order chi connectivity index (χ1) is 8.62. The predicted octanol–water partition coefficient (Wildman–Crippen LogP) is 1.15. The molecule has 0 bridgehead atoms. The Morgan fingerprint density at radius 2 is 2.11 bits per heavy atom. The summed E-state index contributed by atoms with van der Waals surface area (Å²) in [4.78, 5) is 7.61. The third-order valence-electron chi connectivity index (χ3n) is 2.07. The zero-order valence-corrected chi connectivity index (χ0v) is 9.92. The number of pyridine rings is 2. The van der Waals surface area contributed by atoms with Gasteiger partial charge in [-0.15, -0.1) is 0 Å². The molecular formula is C11H8N4O2S. The molecule has 2 heterocycles. The van der Waals surface area contributed by atoms with Crippen molar-refractivity contribution in [1.82, 2.24) is 9.97 Å². The Hall–Kier alpha value is -2.46. The monoisotopic (exact) mass is 260 g/mol. The zero-order valence-electron chi connectivity index (χ0n) is 9.11. The van der Waals surface area contributed by atoms with E-state index in [2.05, 4.69) is 14.7 Å². The van der Waals surface area contributed by atoms with Crippen molar-refractivity contribution in [3.05, 3.63) is 48.4 Å².